The normalized spacial score (nSPS) is 22.0. The van der Waals surface area contributed by atoms with E-state index in [1.807, 2.05) is 7.11 Å². The van der Waals surface area contributed by atoms with Crippen LogP contribution in [0.3, 0.4) is 0 Å². The van der Waals surface area contributed by atoms with Crippen molar-refractivity contribution in [2.45, 2.75) is 71.4 Å². The lowest BCUT2D eigenvalue weighted by molar-refractivity contribution is -0.0781. The highest BCUT2D eigenvalue weighted by molar-refractivity contribution is 5.29. The molecule has 1 fully saturated rings. The Bertz CT molecular complexity index is 462. The Balaban J connectivity index is 2.12. The summed E-state index contributed by atoms with van der Waals surface area (Å²) in [5.41, 5.74) is 10.8. The van der Waals surface area contributed by atoms with Crippen molar-refractivity contribution in [1.29, 1.82) is 0 Å². The summed E-state index contributed by atoms with van der Waals surface area (Å²) in [6.07, 6.45) is 5.44. The van der Waals surface area contributed by atoms with Gasteiger partial charge in [0.15, 0.2) is 0 Å². The molecule has 1 saturated carbocycles. The Hall–Kier alpha value is -0.860. The minimum atomic E-state index is -0.146. The number of ether oxygens (including phenoxy) is 1. The highest BCUT2D eigenvalue weighted by Crippen LogP contribution is 2.43. The van der Waals surface area contributed by atoms with Crippen molar-refractivity contribution in [1.82, 2.24) is 0 Å². The number of benzene rings is 1. The van der Waals surface area contributed by atoms with Crippen LogP contribution < -0.4 is 5.73 Å². The van der Waals surface area contributed by atoms with Crippen LogP contribution in [0.4, 0.5) is 0 Å². The first kappa shape index (κ1) is 16.5. The third kappa shape index (κ3) is 3.87. The van der Waals surface area contributed by atoms with Crippen LogP contribution in [-0.2, 0) is 11.2 Å². The van der Waals surface area contributed by atoms with Crippen molar-refractivity contribution in [2.75, 3.05) is 7.11 Å². The molecule has 21 heavy (non-hydrogen) atoms. The van der Waals surface area contributed by atoms with E-state index < -0.39 is 0 Å². The first-order chi connectivity index (χ1) is 9.76. The van der Waals surface area contributed by atoms with Crippen LogP contribution in [0.2, 0.25) is 0 Å². The zero-order valence-corrected chi connectivity index (χ0v) is 14.3. The lowest BCUT2D eigenvalue weighted by atomic mass is 9.68. The number of hydrogen-bond donors (Lipinski definition) is 1. The van der Waals surface area contributed by atoms with E-state index in [4.69, 9.17) is 10.5 Å². The average Bonchev–Trinajstić information content (AvgIpc) is 2.38. The van der Waals surface area contributed by atoms with Crippen molar-refractivity contribution in [3.8, 4) is 0 Å². The van der Waals surface area contributed by atoms with Crippen LogP contribution in [-0.4, -0.2) is 18.8 Å². The summed E-state index contributed by atoms with van der Waals surface area (Å²) in [6.45, 7) is 9.00. The molecule has 2 nitrogen and oxygen atoms in total. The number of methoxy groups -OCH3 is 1. The van der Waals surface area contributed by atoms with Crippen molar-refractivity contribution < 1.29 is 4.74 Å². The fourth-order valence-corrected chi connectivity index (χ4v) is 3.70. The molecule has 2 heteroatoms. The maximum Gasteiger partial charge on any atom is 0.0832 e. The van der Waals surface area contributed by atoms with Gasteiger partial charge in [-0.3, -0.25) is 0 Å². The van der Waals surface area contributed by atoms with Gasteiger partial charge in [0, 0.05) is 13.2 Å². The third-order valence-corrected chi connectivity index (χ3v) is 5.27. The van der Waals surface area contributed by atoms with Crippen molar-refractivity contribution in [2.24, 2.45) is 11.1 Å². The van der Waals surface area contributed by atoms with E-state index in [-0.39, 0.29) is 11.6 Å². The molecule has 0 aromatic heterocycles. The third-order valence-electron chi connectivity index (χ3n) is 5.27. The monoisotopic (exact) mass is 289 g/mol. The standard InChI is InChI=1S/C19H31NO/c1-14-10-15(2)12-16(11-14)13-17(20)19(21-5)8-6-18(3,4)7-9-19/h10-12,17H,6-9,13,20H2,1-5H3. The molecule has 2 rings (SSSR count). The largest absolute Gasteiger partial charge is 0.377 e. The summed E-state index contributed by atoms with van der Waals surface area (Å²) >= 11 is 0. The molecule has 1 unspecified atom stereocenters. The van der Waals surface area contributed by atoms with E-state index >= 15 is 0 Å². The summed E-state index contributed by atoms with van der Waals surface area (Å²) in [5, 5.41) is 0. The zero-order chi connectivity index (χ0) is 15.7. The highest BCUT2D eigenvalue weighted by atomic mass is 16.5. The van der Waals surface area contributed by atoms with Gasteiger partial charge in [-0.25, -0.2) is 0 Å². The van der Waals surface area contributed by atoms with Gasteiger partial charge in [0.05, 0.1) is 5.60 Å². The van der Waals surface area contributed by atoms with Gasteiger partial charge >= 0.3 is 0 Å². The molecule has 0 amide bonds. The van der Waals surface area contributed by atoms with Crippen molar-refractivity contribution >= 4 is 0 Å². The first-order valence-electron chi connectivity index (χ1n) is 8.14. The van der Waals surface area contributed by atoms with E-state index in [2.05, 4.69) is 45.9 Å². The Morgan fingerprint density at radius 1 is 1.05 bits per heavy atom. The Morgan fingerprint density at radius 3 is 2.05 bits per heavy atom. The van der Waals surface area contributed by atoms with E-state index in [0.29, 0.717) is 5.41 Å². The molecule has 1 aliphatic carbocycles. The molecular weight excluding hydrogens is 258 g/mol. The van der Waals surface area contributed by atoms with Gasteiger partial charge in [0.2, 0.25) is 0 Å². The molecule has 2 N–H and O–H groups in total. The van der Waals surface area contributed by atoms with Gasteiger partial charge in [0.25, 0.3) is 0 Å². The summed E-state index contributed by atoms with van der Waals surface area (Å²) in [7, 11) is 1.83. The summed E-state index contributed by atoms with van der Waals surface area (Å²) in [4.78, 5) is 0. The van der Waals surface area contributed by atoms with E-state index in [0.717, 1.165) is 19.3 Å². The molecule has 0 aliphatic heterocycles. The maximum atomic E-state index is 6.59. The average molecular weight is 289 g/mol. The van der Waals surface area contributed by atoms with Crippen molar-refractivity contribution in [3.63, 3.8) is 0 Å². The van der Waals surface area contributed by atoms with Crippen LogP contribution in [0.1, 0.15) is 56.2 Å². The lowest BCUT2D eigenvalue weighted by Crippen LogP contribution is -2.53. The molecule has 118 valence electrons. The van der Waals surface area contributed by atoms with E-state index in [1.165, 1.54) is 29.5 Å². The van der Waals surface area contributed by atoms with Gasteiger partial charge in [-0.1, -0.05) is 43.2 Å². The smallest absolute Gasteiger partial charge is 0.0832 e. The van der Waals surface area contributed by atoms with Gasteiger partial charge in [-0.2, -0.15) is 0 Å². The maximum absolute atomic E-state index is 6.59. The van der Waals surface area contributed by atoms with Crippen LogP contribution in [0.25, 0.3) is 0 Å². The first-order valence-corrected chi connectivity index (χ1v) is 8.14. The Kier molecular flexibility index (Phi) is 4.79. The predicted molar refractivity (Wildman–Crippen MR) is 89.6 cm³/mol. The minimum Gasteiger partial charge on any atom is -0.377 e. The molecule has 0 bridgehead atoms. The molecule has 1 atom stereocenters. The molecule has 0 radical (unpaired) electrons. The molecule has 0 heterocycles. The molecule has 1 aromatic carbocycles. The van der Waals surface area contributed by atoms with E-state index in [1.54, 1.807) is 0 Å². The minimum absolute atomic E-state index is 0.0693. The molecular formula is C19H31NO. The number of rotatable bonds is 4. The van der Waals surface area contributed by atoms with Gasteiger partial charge in [0.1, 0.15) is 0 Å². The van der Waals surface area contributed by atoms with Crippen LogP contribution >= 0.6 is 0 Å². The lowest BCUT2D eigenvalue weighted by Gasteiger charge is -2.46. The number of nitrogens with two attached hydrogens (primary N) is 1. The highest BCUT2D eigenvalue weighted by Gasteiger charge is 2.42. The second-order valence-electron chi connectivity index (χ2n) is 7.74. The van der Waals surface area contributed by atoms with Crippen LogP contribution in [0, 0.1) is 19.3 Å². The second kappa shape index (κ2) is 6.10. The van der Waals surface area contributed by atoms with Crippen LogP contribution in [0.15, 0.2) is 18.2 Å². The zero-order valence-electron chi connectivity index (χ0n) is 14.3. The summed E-state index contributed by atoms with van der Waals surface area (Å²) in [6, 6.07) is 6.79. The van der Waals surface area contributed by atoms with Crippen molar-refractivity contribution in [3.05, 3.63) is 34.9 Å². The Morgan fingerprint density at radius 2 is 1.57 bits per heavy atom. The molecule has 1 aliphatic rings. The molecule has 0 saturated heterocycles. The van der Waals surface area contributed by atoms with Crippen LogP contribution in [0.5, 0.6) is 0 Å². The number of aryl methyl sites for hydroxylation is 2. The second-order valence-corrected chi connectivity index (χ2v) is 7.74. The number of hydrogen-bond acceptors (Lipinski definition) is 2. The Labute approximate surface area is 130 Å². The molecule has 0 spiro atoms. The predicted octanol–water partition coefficient (Wildman–Crippen LogP) is 4.16. The van der Waals surface area contributed by atoms with Gasteiger partial charge in [-0.15, -0.1) is 0 Å². The fraction of sp³-hybridized carbons (Fsp3) is 0.684. The SMILES string of the molecule is COC1(C(N)Cc2cc(C)cc(C)c2)CCC(C)(C)CC1. The summed E-state index contributed by atoms with van der Waals surface area (Å²) in [5.74, 6) is 0. The fourth-order valence-electron chi connectivity index (χ4n) is 3.70. The van der Waals surface area contributed by atoms with E-state index in [9.17, 15) is 0 Å². The van der Waals surface area contributed by atoms with Gasteiger partial charge < -0.3 is 10.5 Å². The summed E-state index contributed by atoms with van der Waals surface area (Å²) < 4.78 is 5.94. The topological polar surface area (TPSA) is 35.2 Å². The quantitative estimate of drug-likeness (QED) is 0.903. The molecule has 1 aromatic rings. The van der Waals surface area contributed by atoms with Gasteiger partial charge in [-0.05, 0) is 56.9 Å².